The van der Waals surface area contributed by atoms with Crippen molar-refractivity contribution in [3.63, 3.8) is 0 Å². The highest BCUT2D eigenvalue weighted by molar-refractivity contribution is 5.85. The Labute approximate surface area is 170 Å². The molecule has 7 heteroatoms. The normalized spacial score (nSPS) is 15.5. The highest BCUT2D eigenvalue weighted by atomic mass is 35.5. The van der Waals surface area contributed by atoms with Gasteiger partial charge in [0.05, 0.1) is 13.2 Å². The van der Waals surface area contributed by atoms with Crippen LogP contribution in [0.15, 0.2) is 24.3 Å². The average molecular weight is 406 g/mol. The summed E-state index contributed by atoms with van der Waals surface area (Å²) in [4.78, 5) is 14.3. The topological polar surface area (TPSA) is 53.6 Å². The lowest BCUT2D eigenvalue weighted by atomic mass is 9.93. The van der Waals surface area contributed by atoms with E-state index in [9.17, 15) is 4.79 Å². The van der Waals surface area contributed by atoms with Gasteiger partial charge in [0.1, 0.15) is 5.75 Å². The number of carbonyl (C=O) groups excluding carboxylic acids is 1. The Kier molecular flexibility index (Phi) is 12.7. The fourth-order valence-corrected chi connectivity index (χ4v) is 3.25. The molecule has 1 aromatic rings. The molecule has 0 saturated carbocycles. The van der Waals surface area contributed by atoms with E-state index in [4.69, 9.17) is 4.74 Å². The number of methoxy groups -OCH3 is 1. The number of hydrogen-bond donors (Lipinski definition) is 2. The van der Waals surface area contributed by atoms with Crippen LogP contribution in [0.1, 0.15) is 37.3 Å². The zero-order valence-electron chi connectivity index (χ0n) is 16.0. The molecule has 1 fully saturated rings. The molecular formula is C19H33Cl2N3O2. The standard InChI is InChI=1S/C19H31N3O2.2ClH/c1-22(2)18(16-5-4-6-17(13-16)24-3)14-21-19(23)8-7-15-9-11-20-12-10-15;;/h4-6,13,15,18,20H,7-12,14H2,1-3H3,(H,21,23);2*1H. The molecule has 2 N–H and O–H groups in total. The molecule has 1 aliphatic rings. The highest BCUT2D eigenvalue weighted by Crippen LogP contribution is 2.22. The lowest BCUT2D eigenvalue weighted by molar-refractivity contribution is -0.121. The molecule has 1 unspecified atom stereocenters. The molecule has 150 valence electrons. The Bertz CT molecular complexity index is 523. The van der Waals surface area contributed by atoms with Gasteiger partial charge in [0.2, 0.25) is 5.91 Å². The second kappa shape index (κ2) is 13.2. The van der Waals surface area contributed by atoms with E-state index in [1.807, 2.05) is 32.3 Å². The van der Waals surface area contributed by atoms with Gasteiger partial charge in [-0.05, 0) is 70.1 Å². The van der Waals surface area contributed by atoms with E-state index in [0.717, 1.165) is 30.8 Å². The van der Waals surface area contributed by atoms with Crippen molar-refractivity contribution in [3.8, 4) is 5.75 Å². The predicted octanol–water partition coefficient (Wildman–Crippen LogP) is 3.04. The molecule has 0 bridgehead atoms. The van der Waals surface area contributed by atoms with Crippen LogP contribution in [0.25, 0.3) is 0 Å². The van der Waals surface area contributed by atoms with E-state index in [0.29, 0.717) is 18.9 Å². The number of nitrogens with zero attached hydrogens (tertiary/aromatic N) is 1. The minimum absolute atomic E-state index is 0. The average Bonchev–Trinajstić information content (AvgIpc) is 2.61. The molecule has 1 aromatic carbocycles. The molecule has 0 radical (unpaired) electrons. The van der Waals surface area contributed by atoms with Crippen molar-refractivity contribution in [2.75, 3.05) is 40.8 Å². The van der Waals surface area contributed by atoms with Crippen molar-refractivity contribution in [1.82, 2.24) is 15.5 Å². The third kappa shape index (κ3) is 8.12. The number of amides is 1. The number of likely N-dealkylation sites (N-methyl/N-ethyl adjacent to an activating group) is 1. The van der Waals surface area contributed by atoms with Crippen LogP contribution in [0, 0.1) is 5.92 Å². The Morgan fingerprint density at radius 2 is 2.00 bits per heavy atom. The molecule has 5 nitrogen and oxygen atoms in total. The maximum Gasteiger partial charge on any atom is 0.220 e. The number of benzene rings is 1. The number of rotatable bonds is 8. The lowest BCUT2D eigenvalue weighted by Crippen LogP contribution is -2.35. The fourth-order valence-electron chi connectivity index (χ4n) is 3.25. The van der Waals surface area contributed by atoms with Gasteiger partial charge in [0, 0.05) is 13.0 Å². The molecule has 0 aliphatic carbocycles. The van der Waals surface area contributed by atoms with E-state index < -0.39 is 0 Å². The summed E-state index contributed by atoms with van der Waals surface area (Å²) in [5.41, 5.74) is 1.15. The monoisotopic (exact) mass is 405 g/mol. The van der Waals surface area contributed by atoms with Crippen LogP contribution in [0.4, 0.5) is 0 Å². The van der Waals surface area contributed by atoms with Crippen molar-refractivity contribution in [3.05, 3.63) is 29.8 Å². The number of carbonyl (C=O) groups is 1. The van der Waals surface area contributed by atoms with Crippen LogP contribution in [0.2, 0.25) is 0 Å². The van der Waals surface area contributed by atoms with Gasteiger partial charge in [-0.25, -0.2) is 0 Å². The van der Waals surface area contributed by atoms with Crippen LogP contribution in [-0.4, -0.2) is 51.6 Å². The molecule has 1 aliphatic heterocycles. The highest BCUT2D eigenvalue weighted by Gasteiger charge is 2.17. The third-order valence-corrected chi connectivity index (χ3v) is 4.83. The zero-order valence-corrected chi connectivity index (χ0v) is 17.6. The van der Waals surface area contributed by atoms with Gasteiger partial charge in [0.25, 0.3) is 0 Å². The zero-order chi connectivity index (χ0) is 17.4. The number of ether oxygens (including phenoxy) is 1. The third-order valence-electron chi connectivity index (χ3n) is 4.83. The van der Waals surface area contributed by atoms with Crippen molar-refractivity contribution in [2.45, 2.75) is 31.7 Å². The van der Waals surface area contributed by atoms with Crippen LogP contribution in [0.5, 0.6) is 5.75 Å². The van der Waals surface area contributed by atoms with Crippen LogP contribution < -0.4 is 15.4 Å². The van der Waals surface area contributed by atoms with Gasteiger partial charge in [-0.15, -0.1) is 24.8 Å². The van der Waals surface area contributed by atoms with Gasteiger partial charge in [-0.1, -0.05) is 12.1 Å². The maximum atomic E-state index is 12.2. The first kappa shape index (κ1) is 25.0. The summed E-state index contributed by atoms with van der Waals surface area (Å²) in [6.07, 6.45) is 4.01. The molecule has 1 saturated heterocycles. The Hall–Kier alpha value is -1.01. The molecule has 1 amide bonds. The van der Waals surface area contributed by atoms with E-state index in [2.05, 4.69) is 21.6 Å². The molecule has 1 heterocycles. The summed E-state index contributed by atoms with van der Waals surface area (Å²) >= 11 is 0. The Balaban J connectivity index is 0.00000312. The summed E-state index contributed by atoms with van der Waals surface area (Å²) in [5.74, 6) is 1.69. The van der Waals surface area contributed by atoms with Crippen molar-refractivity contribution >= 4 is 30.7 Å². The lowest BCUT2D eigenvalue weighted by Gasteiger charge is -2.26. The van der Waals surface area contributed by atoms with Crippen LogP contribution in [-0.2, 0) is 4.79 Å². The van der Waals surface area contributed by atoms with Crippen molar-refractivity contribution in [1.29, 1.82) is 0 Å². The number of halogens is 2. The SMILES string of the molecule is COc1cccc(C(CNC(=O)CCC2CCNCC2)N(C)C)c1.Cl.Cl. The first-order valence-corrected chi connectivity index (χ1v) is 8.88. The molecule has 26 heavy (non-hydrogen) atoms. The predicted molar refractivity (Wildman–Crippen MR) is 112 cm³/mol. The van der Waals surface area contributed by atoms with E-state index >= 15 is 0 Å². The fraction of sp³-hybridized carbons (Fsp3) is 0.632. The first-order valence-electron chi connectivity index (χ1n) is 8.88. The molecular weight excluding hydrogens is 373 g/mol. The van der Waals surface area contributed by atoms with Crippen LogP contribution >= 0.6 is 24.8 Å². The summed E-state index contributed by atoms with van der Waals surface area (Å²) in [5, 5.41) is 6.47. The van der Waals surface area contributed by atoms with E-state index in [-0.39, 0.29) is 36.8 Å². The smallest absolute Gasteiger partial charge is 0.220 e. The van der Waals surface area contributed by atoms with Crippen molar-refractivity contribution in [2.24, 2.45) is 5.92 Å². The minimum Gasteiger partial charge on any atom is -0.497 e. The molecule has 0 spiro atoms. The van der Waals surface area contributed by atoms with E-state index in [1.165, 1.54) is 12.8 Å². The maximum absolute atomic E-state index is 12.2. The Morgan fingerprint density at radius 1 is 1.31 bits per heavy atom. The summed E-state index contributed by atoms with van der Waals surface area (Å²) in [6.45, 7) is 2.79. The quantitative estimate of drug-likeness (QED) is 0.697. The second-order valence-corrected chi connectivity index (χ2v) is 6.79. The largest absolute Gasteiger partial charge is 0.497 e. The van der Waals surface area contributed by atoms with Gasteiger partial charge < -0.3 is 20.3 Å². The number of hydrogen-bond acceptors (Lipinski definition) is 4. The van der Waals surface area contributed by atoms with Crippen molar-refractivity contribution < 1.29 is 9.53 Å². The minimum atomic E-state index is 0. The summed E-state index contributed by atoms with van der Waals surface area (Å²) in [7, 11) is 5.74. The molecule has 1 atom stereocenters. The second-order valence-electron chi connectivity index (χ2n) is 6.79. The first-order chi connectivity index (χ1) is 11.6. The van der Waals surface area contributed by atoms with E-state index in [1.54, 1.807) is 7.11 Å². The number of piperidine rings is 1. The van der Waals surface area contributed by atoms with Gasteiger partial charge in [0.15, 0.2) is 0 Å². The molecule has 2 rings (SSSR count). The van der Waals surface area contributed by atoms with Gasteiger partial charge in [-0.2, -0.15) is 0 Å². The van der Waals surface area contributed by atoms with Crippen LogP contribution in [0.3, 0.4) is 0 Å². The summed E-state index contributed by atoms with van der Waals surface area (Å²) in [6, 6.07) is 8.18. The van der Waals surface area contributed by atoms with Gasteiger partial charge >= 0.3 is 0 Å². The van der Waals surface area contributed by atoms with Gasteiger partial charge in [-0.3, -0.25) is 4.79 Å². The Morgan fingerprint density at radius 3 is 2.62 bits per heavy atom. The summed E-state index contributed by atoms with van der Waals surface area (Å²) < 4.78 is 5.31. The number of nitrogens with one attached hydrogen (secondary N) is 2. The molecule has 0 aromatic heterocycles.